The molecule has 0 saturated carbocycles. The molecule has 0 spiro atoms. The molecule has 3 heteroatoms. The van der Waals surface area contributed by atoms with Crippen LogP contribution in [-0.4, -0.2) is 14.9 Å². The fourth-order valence-corrected chi connectivity index (χ4v) is 1.52. The molecule has 0 aliphatic carbocycles. The first-order chi connectivity index (χ1) is 6.20. The highest BCUT2D eigenvalue weighted by Gasteiger charge is 2.02. The van der Waals surface area contributed by atoms with E-state index in [1.54, 1.807) is 4.68 Å². The van der Waals surface area contributed by atoms with Crippen molar-refractivity contribution in [2.24, 2.45) is 7.05 Å². The van der Waals surface area contributed by atoms with E-state index >= 15 is 0 Å². The number of fused-ring (bicyclic) bond motifs is 1. The molecule has 1 aromatic heterocycles. The van der Waals surface area contributed by atoms with Crippen molar-refractivity contribution in [2.45, 2.75) is 13.5 Å². The van der Waals surface area contributed by atoms with Crippen LogP contribution in [0.2, 0.25) is 0 Å². The fraction of sp³-hybridized carbons (Fsp3) is 0.300. The van der Waals surface area contributed by atoms with Gasteiger partial charge in [-0.3, -0.25) is 4.68 Å². The first-order valence-corrected chi connectivity index (χ1v) is 4.24. The second kappa shape index (κ2) is 2.85. The summed E-state index contributed by atoms with van der Waals surface area (Å²) in [4.78, 5) is 0. The summed E-state index contributed by atoms with van der Waals surface area (Å²) in [5.41, 5.74) is 3.01. The van der Waals surface area contributed by atoms with Crippen LogP contribution in [0.4, 0.5) is 0 Å². The van der Waals surface area contributed by atoms with Gasteiger partial charge in [0, 0.05) is 18.6 Å². The molecule has 1 heterocycles. The van der Waals surface area contributed by atoms with Gasteiger partial charge in [0.25, 0.3) is 0 Å². The summed E-state index contributed by atoms with van der Waals surface area (Å²) < 4.78 is 1.78. The average molecular weight is 176 g/mol. The molecule has 2 aromatic rings. The van der Waals surface area contributed by atoms with Crippen molar-refractivity contribution in [2.75, 3.05) is 0 Å². The molecule has 3 nitrogen and oxygen atoms in total. The SMILES string of the molecule is Cc1cc2cn(C)nc2cc1CO. The van der Waals surface area contributed by atoms with Gasteiger partial charge in [0.2, 0.25) is 0 Å². The predicted octanol–water partition coefficient (Wildman–Crippen LogP) is 1.37. The Morgan fingerprint density at radius 3 is 2.92 bits per heavy atom. The predicted molar refractivity (Wildman–Crippen MR) is 51.4 cm³/mol. The van der Waals surface area contributed by atoms with Crippen LogP contribution in [0.25, 0.3) is 10.9 Å². The van der Waals surface area contributed by atoms with Gasteiger partial charge in [-0.1, -0.05) is 0 Å². The number of hydrogen-bond acceptors (Lipinski definition) is 2. The molecule has 0 aliphatic rings. The Bertz CT molecular complexity index is 445. The lowest BCUT2D eigenvalue weighted by Gasteiger charge is -2.00. The largest absolute Gasteiger partial charge is 0.392 e. The molecule has 0 atom stereocenters. The zero-order valence-corrected chi connectivity index (χ0v) is 7.78. The molecular formula is C10H12N2O. The van der Waals surface area contributed by atoms with Crippen LogP contribution in [0.3, 0.4) is 0 Å². The number of aliphatic hydroxyl groups is 1. The van der Waals surface area contributed by atoms with E-state index in [0.29, 0.717) is 0 Å². The van der Waals surface area contributed by atoms with Crippen LogP contribution in [0.15, 0.2) is 18.3 Å². The lowest BCUT2D eigenvalue weighted by atomic mass is 10.1. The maximum Gasteiger partial charge on any atom is 0.0926 e. The Kier molecular flexibility index (Phi) is 1.81. The molecule has 0 amide bonds. The van der Waals surface area contributed by atoms with Gasteiger partial charge in [-0.2, -0.15) is 5.10 Å². The molecule has 0 fully saturated rings. The Balaban J connectivity index is 2.72. The smallest absolute Gasteiger partial charge is 0.0926 e. The summed E-state index contributed by atoms with van der Waals surface area (Å²) in [6.45, 7) is 2.08. The van der Waals surface area contributed by atoms with Gasteiger partial charge < -0.3 is 5.11 Å². The lowest BCUT2D eigenvalue weighted by Crippen LogP contribution is -1.88. The van der Waals surface area contributed by atoms with Crippen molar-refractivity contribution in [1.29, 1.82) is 0 Å². The van der Waals surface area contributed by atoms with E-state index in [9.17, 15) is 0 Å². The Hall–Kier alpha value is -1.35. The molecular weight excluding hydrogens is 164 g/mol. The van der Waals surface area contributed by atoms with Crippen LogP contribution < -0.4 is 0 Å². The minimum Gasteiger partial charge on any atom is -0.392 e. The van der Waals surface area contributed by atoms with Gasteiger partial charge in [-0.15, -0.1) is 0 Å². The molecule has 0 radical (unpaired) electrons. The lowest BCUT2D eigenvalue weighted by molar-refractivity contribution is 0.281. The Labute approximate surface area is 76.6 Å². The van der Waals surface area contributed by atoms with Crippen LogP contribution in [-0.2, 0) is 13.7 Å². The highest BCUT2D eigenvalue weighted by Crippen LogP contribution is 2.18. The molecule has 0 unspecified atom stereocenters. The molecule has 13 heavy (non-hydrogen) atoms. The number of aliphatic hydroxyl groups excluding tert-OH is 1. The number of aryl methyl sites for hydroxylation is 2. The highest BCUT2D eigenvalue weighted by molar-refractivity contribution is 5.79. The van der Waals surface area contributed by atoms with E-state index in [0.717, 1.165) is 22.0 Å². The summed E-state index contributed by atoms with van der Waals surface area (Å²) in [7, 11) is 1.90. The second-order valence-electron chi connectivity index (χ2n) is 3.30. The molecule has 1 N–H and O–H groups in total. The van der Waals surface area contributed by atoms with Crippen molar-refractivity contribution in [3.05, 3.63) is 29.5 Å². The molecule has 0 bridgehead atoms. The minimum absolute atomic E-state index is 0.0817. The maximum absolute atomic E-state index is 9.05. The third kappa shape index (κ3) is 1.31. The minimum atomic E-state index is 0.0817. The molecule has 68 valence electrons. The molecule has 1 aromatic carbocycles. The third-order valence-electron chi connectivity index (χ3n) is 2.25. The molecule has 0 saturated heterocycles. The van der Waals surface area contributed by atoms with Crippen molar-refractivity contribution in [3.8, 4) is 0 Å². The van der Waals surface area contributed by atoms with Crippen LogP contribution in [0, 0.1) is 6.92 Å². The van der Waals surface area contributed by atoms with Crippen LogP contribution in [0.1, 0.15) is 11.1 Å². The number of hydrogen-bond donors (Lipinski definition) is 1. The average Bonchev–Trinajstić information content (AvgIpc) is 2.42. The number of aromatic nitrogens is 2. The third-order valence-corrected chi connectivity index (χ3v) is 2.25. The van der Waals surface area contributed by atoms with Crippen molar-refractivity contribution in [3.63, 3.8) is 0 Å². The summed E-state index contributed by atoms with van der Waals surface area (Å²) in [6, 6.07) is 3.98. The second-order valence-corrected chi connectivity index (χ2v) is 3.30. The standard InChI is InChI=1S/C10H12N2O/c1-7-3-8-5-12(2)11-10(8)4-9(7)6-13/h3-5,13H,6H2,1-2H3. The van der Waals surface area contributed by atoms with E-state index in [1.807, 2.05) is 32.3 Å². The first-order valence-electron chi connectivity index (χ1n) is 4.24. The zero-order valence-electron chi connectivity index (χ0n) is 7.78. The van der Waals surface area contributed by atoms with Gasteiger partial charge in [-0.25, -0.2) is 0 Å². The summed E-state index contributed by atoms with van der Waals surface area (Å²) in [5, 5.41) is 14.4. The topological polar surface area (TPSA) is 38.0 Å². The maximum atomic E-state index is 9.05. The molecule has 0 aliphatic heterocycles. The van der Waals surface area contributed by atoms with Gasteiger partial charge in [0.05, 0.1) is 12.1 Å². The number of rotatable bonds is 1. The van der Waals surface area contributed by atoms with E-state index in [4.69, 9.17) is 5.11 Å². The van der Waals surface area contributed by atoms with E-state index in [1.165, 1.54) is 0 Å². The van der Waals surface area contributed by atoms with Gasteiger partial charge in [-0.05, 0) is 30.2 Å². The quantitative estimate of drug-likeness (QED) is 0.712. The normalized spacial score (nSPS) is 11.0. The zero-order chi connectivity index (χ0) is 9.42. The van der Waals surface area contributed by atoms with Crippen LogP contribution in [0.5, 0.6) is 0 Å². The van der Waals surface area contributed by atoms with E-state index < -0.39 is 0 Å². The van der Waals surface area contributed by atoms with Gasteiger partial charge in [0.1, 0.15) is 0 Å². The highest BCUT2D eigenvalue weighted by atomic mass is 16.3. The Morgan fingerprint density at radius 1 is 1.46 bits per heavy atom. The summed E-state index contributed by atoms with van der Waals surface area (Å²) in [5.74, 6) is 0. The molecule has 2 rings (SSSR count). The van der Waals surface area contributed by atoms with Crippen molar-refractivity contribution < 1.29 is 5.11 Å². The fourth-order valence-electron chi connectivity index (χ4n) is 1.52. The van der Waals surface area contributed by atoms with E-state index in [-0.39, 0.29) is 6.61 Å². The summed E-state index contributed by atoms with van der Waals surface area (Å²) >= 11 is 0. The van der Waals surface area contributed by atoms with Crippen LogP contribution >= 0.6 is 0 Å². The number of nitrogens with zero attached hydrogens (tertiary/aromatic N) is 2. The van der Waals surface area contributed by atoms with Crippen molar-refractivity contribution in [1.82, 2.24) is 9.78 Å². The van der Waals surface area contributed by atoms with Gasteiger partial charge >= 0.3 is 0 Å². The van der Waals surface area contributed by atoms with Gasteiger partial charge in [0.15, 0.2) is 0 Å². The Morgan fingerprint density at radius 2 is 2.23 bits per heavy atom. The monoisotopic (exact) mass is 176 g/mol. The first kappa shape index (κ1) is 8.26. The van der Waals surface area contributed by atoms with E-state index in [2.05, 4.69) is 5.10 Å². The number of benzene rings is 1. The van der Waals surface area contributed by atoms with Crippen molar-refractivity contribution >= 4 is 10.9 Å². The summed E-state index contributed by atoms with van der Waals surface area (Å²) in [6.07, 6.45) is 1.98.